The average Bonchev–Trinajstić information content (AvgIpc) is 2.87. The molecule has 3 rings (SSSR count). The Balaban J connectivity index is 2.29. The van der Waals surface area contributed by atoms with Gasteiger partial charge < -0.3 is 19.9 Å². The Bertz CT molecular complexity index is 1250. The fourth-order valence-corrected chi connectivity index (χ4v) is 3.79. The molecule has 10 heteroatoms. The van der Waals surface area contributed by atoms with Gasteiger partial charge in [-0.2, -0.15) is 5.26 Å². The van der Waals surface area contributed by atoms with Gasteiger partial charge in [0.15, 0.2) is 0 Å². The van der Waals surface area contributed by atoms with Crippen molar-refractivity contribution in [2.45, 2.75) is 12.8 Å². The van der Waals surface area contributed by atoms with E-state index < -0.39 is 23.9 Å². The maximum absolute atomic E-state index is 13.1. The number of nitrogens with two attached hydrogens (primary N) is 1. The van der Waals surface area contributed by atoms with Gasteiger partial charge in [-0.3, -0.25) is 10.2 Å². The Morgan fingerprint density at radius 2 is 1.74 bits per heavy atom. The van der Waals surface area contributed by atoms with Crippen LogP contribution in [0.5, 0.6) is 0 Å². The van der Waals surface area contributed by atoms with Crippen LogP contribution in [-0.2, 0) is 23.8 Å². The first kappa shape index (κ1) is 24.9. The van der Waals surface area contributed by atoms with Gasteiger partial charge in [-0.1, -0.05) is 36.4 Å². The van der Waals surface area contributed by atoms with E-state index in [0.29, 0.717) is 11.3 Å². The number of hydrogen-bond acceptors (Lipinski definition) is 9. The minimum Gasteiger partial charge on any atom is -0.466 e. The molecule has 1 aliphatic rings. The SMILES string of the molecule is CCOC(=O)Nc1cccc(N2C(N)=C(C#N)C(c3ccccc3)C(C(=O)OC)=C2C(=O)OC)c1. The lowest BCUT2D eigenvalue weighted by molar-refractivity contribution is -0.139. The molecule has 1 unspecified atom stereocenters. The van der Waals surface area contributed by atoms with Crippen molar-refractivity contribution in [2.75, 3.05) is 31.0 Å². The quantitative estimate of drug-likeness (QED) is 0.474. The van der Waals surface area contributed by atoms with Gasteiger partial charge in [0.05, 0.1) is 44.0 Å². The zero-order valence-electron chi connectivity index (χ0n) is 19.4. The molecule has 35 heavy (non-hydrogen) atoms. The Morgan fingerprint density at radius 1 is 1.06 bits per heavy atom. The van der Waals surface area contributed by atoms with E-state index in [2.05, 4.69) is 11.4 Å². The van der Waals surface area contributed by atoms with E-state index in [9.17, 15) is 19.6 Å². The van der Waals surface area contributed by atoms with E-state index in [-0.39, 0.29) is 35.0 Å². The highest BCUT2D eigenvalue weighted by atomic mass is 16.5. The Labute approximate surface area is 202 Å². The maximum Gasteiger partial charge on any atom is 0.411 e. The Kier molecular flexibility index (Phi) is 7.74. The third kappa shape index (κ3) is 4.94. The van der Waals surface area contributed by atoms with Crippen molar-refractivity contribution in [3.63, 3.8) is 0 Å². The molecular weight excluding hydrogens is 452 g/mol. The Morgan fingerprint density at radius 3 is 2.34 bits per heavy atom. The number of ether oxygens (including phenoxy) is 3. The van der Waals surface area contributed by atoms with Crippen molar-refractivity contribution in [2.24, 2.45) is 5.73 Å². The number of amides is 1. The van der Waals surface area contributed by atoms with Crippen molar-refractivity contribution < 1.29 is 28.6 Å². The lowest BCUT2D eigenvalue weighted by Gasteiger charge is -2.36. The smallest absolute Gasteiger partial charge is 0.411 e. The normalized spacial score (nSPS) is 15.3. The molecule has 180 valence electrons. The van der Waals surface area contributed by atoms with Crippen LogP contribution in [0.4, 0.5) is 16.2 Å². The molecular formula is C25H24N4O6. The van der Waals surface area contributed by atoms with Crippen LogP contribution < -0.4 is 16.0 Å². The third-order valence-electron chi connectivity index (χ3n) is 5.24. The van der Waals surface area contributed by atoms with Crippen LogP contribution in [0.15, 0.2) is 77.3 Å². The molecule has 0 spiro atoms. The van der Waals surface area contributed by atoms with Gasteiger partial charge in [-0.05, 0) is 30.7 Å². The summed E-state index contributed by atoms with van der Waals surface area (Å²) >= 11 is 0. The van der Waals surface area contributed by atoms with Crippen LogP contribution >= 0.6 is 0 Å². The minimum atomic E-state index is -0.972. The second kappa shape index (κ2) is 10.9. The first-order valence-electron chi connectivity index (χ1n) is 10.6. The van der Waals surface area contributed by atoms with Crippen molar-refractivity contribution in [3.8, 4) is 6.07 Å². The summed E-state index contributed by atoms with van der Waals surface area (Å²) in [4.78, 5) is 39.3. The van der Waals surface area contributed by atoms with Crippen molar-refractivity contribution >= 4 is 29.4 Å². The van der Waals surface area contributed by atoms with Gasteiger partial charge in [0.25, 0.3) is 0 Å². The van der Waals surface area contributed by atoms with Gasteiger partial charge in [0.2, 0.25) is 0 Å². The number of carbonyl (C=O) groups is 3. The lowest BCUT2D eigenvalue weighted by Crippen LogP contribution is -2.40. The number of benzene rings is 2. The monoisotopic (exact) mass is 476 g/mol. The van der Waals surface area contributed by atoms with Crippen LogP contribution in [0, 0.1) is 11.3 Å². The molecule has 0 radical (unpaired) electrons. The number of methoxy groups -OCH3 is 2. The van der Waals surface area contributed by atoms with Crippen molar-refractivity contribution in [3.05, 3.63) is 82.8 Å². The topological polar surface area (TPSA) is 144 Å². The number of esters is 2. The van der Waals surface area contributed by atoms with E-state index in [1.807, 2.05) is 0 Å². The molecule has 0 aliphatic carbocycles. The number of allylic oxidation sites excluding steroid dienone is 1. The molecule has 3 N–H and O–H groups in total. The summed E-state index contributed by atoms with van der Waals surface area (Å²) in [6.45, 7) is 1.85. The van der Waals surface area contributed by atoms with Gasteiger partial charge in [0, 0.05) is 11.4 Å². The van der Waals surface area contributed by atoms with Crippen molar-refractivity contribution in [1.29, 1.82) is 5.26 Å². The fraction of sp³-hybridized carbons (Fsp3) is 0.200. The lowest BCUT2D eigenvalue weighted by atomic mass is 9.81. The number of nitrogens with zero attached hydrogens (tertiary/aromatic N) is 2. The first-order chi connectivity index (χ1) is 16.9. The number of nitrogens with one attached hydrogen (secondary N) is 1. The summed E-state index contributed by atoms with van der Waals surface area (Å²) in [5, 5.41) is 12.6. The number of carbonyl (C=O) groups excluding carboxylic acids is 3. The summed E-state index contributed by atoms with van der Waals surface area (Å²) in [6.07, 6.45) is -0.673. The number of nitriles is 1. The Hall–Kier alpha value is -4.78. The van der Waals surface area contributed by atoms with E-state index in [1.165, 1.54) is 25.2 Å². The third-order valence-corrected chi connectivity index (χ3v) is 5.24. The largest absolute Gasteiger partial charge is 0.466 e. The highest BCUT2D eigenvalue weighted by Crippen LogP contribution is 2.43. The first-order valence-corrected chi connectivity index (χ1v) is 10.6. The average molecular weight is 476 g/mol. The molecule has 0 bridgehead atoms. The molecule has 1 heterocycles. The van der Waals surface area contributed by atoms with Crippen molar-refractivity contribution in [1.82, 2.24) is 0 Å². The molecule has 10 nitrogen and oxygen atoms in total. The second-order valence-electron chi connectivity index (χ2n) is 7.23. The zero-order chi connectivity index (χ0) is 25.5. The van der Waals surface area contributed by atoms with Crippen LogP contribution in [0.2, 0.25) is 0 Å². The summed E-state index contributed by atoms with van der Waals surface area (Å²) in [6, 6.07) is 17.1. The number of anilines is 2. The molecule has 0 aromatic heterocycles. The summed E-state index contributed by atoms with van der Waals surface area (Å²) in [7, 11) is 2.34. The molecule has 0 saturated carbocycles. The van der Waals surface area contributed by atoms with Crippen LogP contribution in [0.25, 0.3) is 0 Å². The highest BCUT2D eigenvalue weighted by Gasteiger charge is 2.43. The van der Waals surface area contributed by atoms with E-state index in [1.54, 1.807) is 55.5 Å². The molecule has 2 aromatic carbocycles. The predicted molar refractivity (Wildman–Crippen MR) is 127 cm³/mol. The van der Waals surface area contributed by atoms with Gasteiger partial charge >= 0.3 is 18.0 Å². The summed E-state index contributed by atoms with van der Waals surface area (Å²) in [5.74, 6) is -2.75. The molecule has 1 amide bonds. The standard InChI is InChI=1S/C25H24N4O6/c1-4-35-25(32)28-16-11-8-12-17(13-16)29-21(24(31)34-3)20(23(30)33-2)19(18(14-26)22(29)27)15-9-6-5-7-10-15/h5-13,19H,4,27H2,1-3H3,(H,28,32). The fourth-order valence-electron chi connectivity index (χ4n) is 3.79. The summed E-state index contributed by atoms with van der Waals surface area (Å²) in [5.41, 5.74) is 7.36. The van der Waals surface area contributed by atoms with Gasteiger partial charge in [0.1, 0.15) is 11.5 Å². The predicted octanol–water partition coefficient (Wildman–Crippen LogP) is 3.15. The number of rotatable bonds is 6. The van der Waals surface area contributed by atoms with E-state index in [4.69, 9.17) is 19.9 Å². The van der Waals surface area contributed by atoms with Crippen LogP contribution in [0.3, 0.4) is 0 Å². The molecule has 1 atom stereocenters. The minimum absolute atomic E-state index is 0.0352. The summed E-state index contributed by atoms with van der Waals surface area (Å²) < 4.78 is 14.9. The van der Waals surface area contributed by atoms with Gasteiger partial charge in [-0.25, -0.2) is 14.4 Å². The number of hydrogen-bond donors (Lipinski definition) is 2. The maximum atomic E-state index is 13.1. The molecule has 0 saturated heterocycles. The zero-order valence-corrected chi connectivity index (χ0v) is 19.4. The molecule has 2 aromatic rings. The highest BCUT2D eigenvalue weighted by molar-refractivity contribution is 6.06. The van der Waals surface area contributed by atoms with Crippen LogP contribution in [0.1, 0.15) is 18.4 Å². The van der Waals surface area contributed by atoms with E-state index >= 15 is 0 Å². The van der Waals surface area contributed by atoms with E-state index in [0.717, 1.165) is 0 Å². The molecule has 0 fully saturated rings. The second-order valence-corrected chi connectivity index (χ2v) is 7.23. The molecule has 1 aliphatic heterocycles. The van der Waals surface area contributed by atoms with Crippen LogP contribution in [-0.4, -0.2) is 38.9 Å². The van der Waals surface area contributed by atoms with Gasteiger partial charge in [-0.15, -0.1) is 0 Å².